The van der Waals surface area contributed by atoms with Crippen LogP contribution in [0, 0.1) is 0 Å². The van der Waals surface area contributed by atoms with Gasteiger partial charge in [0.2, 0.25) is 0 Å². The highest BCUT2D eigenvalue weighted by Crippen LogP contribution is 2.38. The maximum Gasteiger partial charge on any atom is 0.573 e. The average Bonchev–Trinajstić information content (AvgIpc) is 3.33. The molecule has 0 atom stereocenters. The first-order valence-corrected chi connectivity index (χ1v) is 10.7. The Morgan fingerprint density at radius 1 is 1.03 bits per heavy atom. The Kier molecular flexibility index (Phi) is 5.76. The van der Waals surface area contributed by atoms with Gasteiger partial charge in [-0.3, -0.25) is 9.59 Å². The van der Waals surface area contributed by atoms with E-state index in [-0.39, 0.29) is 11.3 Å². The minimum Gasteiger partial charge on any atom is -0.406 e. The number of hydrogen-bond acceptors (Lipinski definition) is 6. The second-order valence-electron chi connectivity index (χ2n) is 7.11. The standard InChI is InChI=1S/C21H20F3N3O3S/c1-2-25-8-10-26(11-9-25)18-17(16-7-4-12-31-16)19(28)27(20(18)29)14-5-3-6-15(13-14)30-21(22,23)24/h3-7,12-13H,2,8-11H2,1H3. The predicted octanol–water partition coefficient (Wildman–Crippen LogP) is 3.57. The van der Waals surface area contributed by atoms with Gasteiger partial charge in [-0.25, -0.2) is 4.90 Å². The van der Waals surface area contributed by atoms with Crippen LogP contribution in [0.3, 0.4) is 0 Å². The van der Waals surface area contributed by atoms with Gasteiger partial charge in [0.25, 0.3) is 11.8 Å². The lowest BCUT2D eigenvalue weighted by molar-refractivity contribution is -0.274. The first kappa shape index (κ1) is 21.4. The Morgan fingerprint density at radius 2 is 1.77 bits per heavy atom. The topological polar surface area (TPSA) is 53.1 Å². The molecule has 2 aliphatic rings. The van der Waals surface area contributed by atoms with Crippen molar-refractivity contribution in [1.29, 1.82) is 0 Å². The van der Waals surface area contributed by atoms with Crippen LogP contribution in [-0.2, 0) is 9.59 Å². The quantitative estimate of drug-likeness (QED) is 0.651. The number of rotatable bonds is 5. The molecule has 6 nitrogen and oxygen atoms in total. The zero-order valence-corrected chi connectivity index (χ0v) is 17.5. The average molecular weight is 451 g/mol. The molecule has 0 N–H and O–H groups in total. The van der Waals surface area contributed by atoms with Gasteiger partial charge in [0.1, 0.15) is 11.4 Å². The van der Waals surface area contributed by atoms with E-state index in [9.17, 15) is 22.8 Å². The third kappa shape index (κ3) is 4.31. The van der Waals surface area contributed by atoms with Crippen molar-refractivity contribution >= 4 is 34.4 Å². The summed E-state index contributed by atoms with van der Waals surface area (Å²) < 4.78 is 41.9. The fourth-order valence-electron chi connectivity index (χ4n) is 3.80. The number of anilines is 1. The van der Waals surface area contributed by atoms with Gasteiger partial charge in [-0.1, -0.05) is 19.1 Å². The summed E-state index contributed by atoms with van der Waals surface area (Å²) in [5.74, 6) is -1.58. The highest BCUT2D eigenvalue weighted by Gasteiger charge is 2.43. The molecular formula is C21H20F3N3O3S. The van der Waals surface area contributed by atoms with Crippen LogP contribution in [0.2, 0.25) is 0 Å². The molecule has 10 heteroatoms. The highest BCUT2D eigenvalue weighted by atomic mass is 32.1. The van der Waals surface area contributed by atoms with Crippen molar-refractivity contribution in [2.45, 2.75) is 13.3 Å². The molecular weight excluding hydrogens is 431 g/mol. The Bertz CT molecular complexity index is 1010. The summed E-state index contributed by atoms with van der Waals surface area (Å²) >= 11 is 1.34. The van der Waals surface area contributed by atoms with Gasteiger partial charge in [0.15, 0.2) is 0 Å². The van der Waals surface area contributed by atoms with Gasteiger partial charge in [-0.15, -0.1) is 24.5 Å². The van der Waals surface area contributed by atoms with E-state index < -0.39 is 23.9 Å². The molecule has 0 bridgehead atoms. The molecule has 164 valence electrons. The number of benzene rings is 1. The van der Waals surface area contributed by atoms with Crippen LogP contribution >= 0.6 is 11.3 Å². The lowest BCUT2D eigenvalue weighted by atomic mass is 10.1. The molecule has 1 aromatic heterocycles. The monoisotopic (exact) mass is 451 g/mol. The molecule has 2 aliphatic heterocycles. The number of thiophene rings is 1. The molecule has 0 radical (unpaired) electrons. The summed E-state index contributed by atoms with van der Waals surface area (Å²) in [6.45, 7) is 5.65. The van der Waals surface area contributed by atoms with Gasteiger partial charge in [-0.05, 0) is 30.1 Å². The van der Waals surface area contributed by atoms with Crippen LogP contribution in [0.1, 0.15) is 11.8 Å². The SMILES string of the molecule is CCN1CCN(C2=C(c3cccs3)C(=O)N(c3cccc(OC(F)(F)F)c3)C2=O)CC1. The third-order valence-corrected chi connectivity index (χ3v) is 6.16. The highest BCUT2D eigenvalue weighted by molar-refractivity contribution is 7.11. The Hall–Kier alpha value is -2.85. The number of amides is 2. The first-order valence-electron chi connectivity index (χ1n) is 9.78. The Morgan fingerprint density at radius 3 is 2.39 bits per heavy atom. The van der Waals surface area contributed by atoms with Gasteiger partial charge in [-0.2, -0.15) is 0 Å². The number of carbonyl (C=O) groups excluding carboxylic acids is 2. The van der Waals surface area contributed by atoms with Gasteiger partial charge < -0.3 is 14.5 Å². The second-order valence-corrected chi connectivity index (χ2v) is 8.06. The predicted molar refractivity (Wildman–Crippen MR) is 111 cm³/mol. The summed E-state index contributed by atoms with van der Waals surface area (Å²) in [4.78, 5) is 32.5. The zero-order valence-electron chi connectivity index (χ0n) is 16.7. The lowest BCUT2D eigenvalue weighted by Crippen LogP contribution is -2.47. The molecule has 2 amide bonds. The van der Waals surface area contributed by atoms with Crippen molar-refractivity contribution in [3.63, 3.8) is 0 Å². The molecule has 4 rings (SSSR count). The van der Waals surface area contributed by atoms with Crippen LogP contribution in [0.25, 0.3) is 5.57 Å². The fourth-order valence-corrected chi connectivity index (χ4v) is 4.56. The first-order chi connectivity index (χ1) is 14.8. The minimum atomic E-state index is -4.87. The largest absolute Gasteiger partial charge is 0.573 e. The summed E-state index contributed by atoms with van der Waals surface area (Å²) in [7, 11) is 0. The summed E-state index contributed by atoms with van der Waals surface area (Å²) in [5, 5.41) is 1.81. The summed E-state index contributed by atoms with van der Waals surface area (Å²) in [6, 6.07) is 8.47. The van der Waals surface area contributed by atoms with Crippen molar-refractivity contribution in [1.82, 2.24) is 9.80 Å². The van der Waals surface area contributed by atoms with Crippen molar-refractivity contribution in [3.05, 3.63) is 52.4 Å². The van der Waals surface area contributed by atoms with Crippen LogP contribution in [0.5, 0.6) is 5.75 Å². The second kappa shape index (κ2) is 8.35. The number of piperazine rings is 1. The lowest BCUT2D eigenvalue weighted by Gasteiger charge is -2.35. The Balaban J connectivity index is 1.70. The normalized spacial score (nSPS) is 18.3. The Labute approximate surface area is 181 Å². The zero-order chi connectivity index (χ0) is 22.2. The van der Waals surface area contributed by atoms with Crippen LogP contribution in [0.15, 0.2) is 47.5 Å². The van der Waals surface area contributed by atoms with E-state index in [0.29, 0.717) is 23.7 Å². The van der Waals surface area contributed by atoms with Crippen molar-refractivity contribution in [2.24, 2.45) is 0 Å². The summed E-state index contributed by atoms with van der Waals surface area (Å²) in [6.07, 6.45) is -4.87. The smallest absolute Gasteiger partial charge is 0.406 e. The van der Waals surface area contributed by atoms with Crippen molar-refractivity contribution < 1.29 is 27.5 Å². The number of alkyl halides is 3. The third-order valence-electron chi connectivity index (χ3n) is 5.27. The molecule has 0 unspecified atom stereocenters. The molecule has 0 spiro atoms. The van der Waals surface area contributed by atoms with Gasteiger partial charge in [0, 0.05) is 37.1 Å². The number of halogens is 3. The van der Waals surface area contributed by atoms with E-state index in [0.717, 1.165) is 36.7 Å². The van der Waals surface area contributed by atoms with E-state index in [4.69, 9.17) is 0 Å². The molecule has 1 aromatic carbocycles. The van der Waals surface area contributed by atoms with E-state index in [1.807, 2.05) is 10.3 Å². The van der Waals surface area contributed by atoms with Crippen LogP contribution < -0.4 is 9.64 Å². The molecule has 31 heavy (non-hydrogen) atoms. The van der Waals surface area contributed by atoms with E-state index in [1.165, 1.54) is 23.5 Å². The number of ether oxygens (including phenoxy) is 1. The van der Waals surface area contributed by atoms with Gasteiger partial charge >= 0.3 is 6.36 Å². The summed E-state index contributed by atoms with van der Waals surface area (Å²) in [5.41, 5.74) is 0.616. The van der Waals surface area contributed by atoms with Crippen LogP contribution in [0.4, 0.5) is 18.9 Å². The number of carbonyl (C=O) groups is 2. The molecule has 0 aliphatic carbocycles. The number of imide groups is 1. The van der Waals surface area contributed by atoms with E-state index in [2.05, 4.69) is 16.6 Å². The van der Waals surface area contributed by atoms with E-state index >= 15 is 0 Å². The molecule has 2 aromatic rings. The minimum absolute atomic E-state index is 0.0352. The van der Waals surface area contributed by atoms with Crippen molar-refractivity contribution in [2.75, 3.05) is 37.6 Å². The molecule has 0 saturated carbocycles. The molecule has 1 fully saturated rings. The maximum atomic E-state index is 13.4. The van der Waals surface area contributed by atoms with Gasteiger partial charge in [0.05, 0.1) is 11.3 Å². The number of likely N-dealkylation sites (N-methyl/N-ethyl adjacent to an activating group) is 1. The fraction of sp³-hybridized carbons (Fsp3) is 0.333. The molecule has 1 saturated heterocycles. The van der Waals surface area contributed by atoms with Crippen LogP contribution in [-0.4, -0.2) is 60.7 Å². The number of hydrogen-bond donors (Lipinski definition) is 0. The van der Waals surface area contributed by atoms with E-state index in [1.54, 1.807) is 12.1 Å². The van der Waals surface area contributed by atoms with Crippen molar-refractivity contribution in [3.8, 4) is 5.75 Å². The number of nitrogens with zero attached hydrogens (tertiary/aromatic N) is 3. The maximum absolute atomic E-state index is 13.4. The molecule has 3 heterocycles.